The Balaban J connectivity index is 1.52. The third-order valence-electron chi connectivity index (χ3n) is 5.81. The molecule has 34 heavy (non-hydrogen) atoms. The monoisotopic (exact) mass is 470 g/mol. The Morgan fingerprint density at radius 2 is 1.76 bits per heavy atom. The molecular formula is C27H26N4O2S. The fraction of sp³-hybridized carbons (Fsp3) is 0.222. The van der Waals surface area contributed by atoms with E-state index in [2.05, 4.69) is 43.3 Å². The van der Waals surface area contributed by atoms with Crippen LogP contribution in [0.3, 0.4) is 0 Å². The molecular weight excluding hydrogens is 444 g/mol. The standard InChI is InChI=1S/C27H26N4O2S/c1-16-12-24(29-25(32)20-13-17-8-6-7-9-18(17)14-22(20)33-5)31(30-16)26-28-21-11-10-19(27(2,3)4)15-23(21)34-26/h6-15H,1-5H3,(H,29,32). The minimum atomic E-state index is -0.264. The Labute approximate surface area is 202 Å². The maximum Gasteiger partial charge on any atom is 0.260 e. The van der Waals surface area contributed by atoms with Crippen LogP contribution in [0.2, 0.25) is 0 Å². The normalized spacial score (nSPS) is 11.8. The van der Waals surface area contributed by atoms with E-state index >= 15 is 0 Å². The average molecular weight is 471 g/mol. The number of thiazole rings is 1. The van der Waals surface area contributed by atoms with Crippen molar-refractivity contribution >= 4 is 44.1 Å². The number of benzene rings is 3. The van der Waals surface area contributed by atoms with Crippen LogP contribution >= 0.6 is 11.3 Å². The fourth-order valence-corrected chi connectivity index (χ4v) is 4.92. The van der Waals surface area contributed by atoms with Crippen LogP contribution < -0.4 is 10.1 Å². The number of hydrogen-bond acceptors (Lipinski definition) is 5. The van der Waals surface area contributed by atoms with Gasteiger partial charge in [-0.05, 0) is 52.9 Å². The molecule has 0 unspecified atom stereocenters. The molecule has 0 spiro atoms. The van der Waals surface area contributed by atoms with Gasteiger partial charge < -0.3 is 10.1 Å². The van der Waals surface area contributed by atoms with Crippen LogP contribution in [0.4, 0.5) is 5.82 Å². The molecule has 1 amide bonds. The highest BCUT2D eigenvalue weighted by molar-refractivity contribution is 7.20. The zero-order valence-electron chi connectivity index (χ0n) is 19.8. The summed E-state index contributed by atoms with van der Waals surface area (Å²) in [4.78, 5) is 18.1. The largest absolute Gasteiger partial charge is 0.496 e. The number of hydrogen-bond donors (Lipinski definition) is 1. The lowest BCUT2D eigenvalue weighted by Crippen LogP contribution is -2.16. The van der Waals surface area contributed by atoms with Crippen molar-refractivity contribution in [1.82, 2.24) is 14.8 Å². The van der Waals surface area contributed by atoms with Gasteiger partial charge >= 0.3 is 0 Å². The number of rotatable bonds is 4. The lowest BCUT2D eigenvalue weighted by atomic mass is 9.87. The lowest BCUT2D eigenvalue weighted by molar-refractivity contribution is 0.102. The van der Waals surface area contributed by atoms with Gasteiger partial charge in [-0.2, -0.15) is 9.78 Å². The zero-order chi connectivity index (χ0) is 24.0. The SMILES string of the molecule is COc1cc2ccccc2cc1C(=O)Nc1cc(C)nn1-c1nc2ccc(C(C)(C)C)cc2s1. The Morgan fingerprint density at radius 1 is 1.03 bits per heavy atom. The summed E-state index contributed by atoms with van der Waals surface area (Å²) in [7, 11) is 1.57. The van der Waals surface area contributed by atoms with Crippen molar-refractivity contribution in [2.75, 3.05) is 12.4 Å². The molecule has 5 rings (SSSR count). The van der Waals surface area contributed by atoms with Crippen LogP contribution in [0.25, 0.3) is 26.1 Å². The Morgan fingerprint density at radius 3 is 2.47 bits per heavy atom. The van der Waals surface area contributed by atoms with Gasteiger partial charge in [0.1, 0.15) is 11.6 Å². The maximum absolute atomic E-state index is 13.3. The van der Waals surface area contributed by atoms with E-state index in [9.17, 15) is 4.79 Å². The third-order valence-corrected chi connectivity index (χ3v) is 6.80. The Hall–Kier alpha value is -3.71. The number of aromatic nitrogens is 3. The number of nitrogens with one attached hydrogen (secondary N) is 1. The summed E-state index contributed by atoms with van der Waals surface area (Å²) in [6.45, 7) is 8.48. The molecule has 0 aliphatic rings. The summed E-state index contributed by atoms with van der Waals surface area (Å²) in [6, 6.07) is 19.8. The third kappa shape index (κ3) is 4.03. The Bertz CT molecular complexity index is 1540. The summed E-state index contributed by atoms with van der Waals surface area (Å²) < 4.78 is 8.30. The summed E-state index contributed by atoms with van der Waals surface area (Å²) in [5.41, 5.74) is 3.47. The second-order valence-electron chi connectivity index (χ2n) is 9.37. The van der Waals surface area contributed by atoms with E-state index in [1.807, 2.05) is 55.5 Å². The van der Waals surface area contributed by atoms with Crippen LogP contribution in [0, 0.1) is 6.92 Å². The topological polar surface area (TPSA) is 69.0 Å². The van der Waals surface area contributed by atoms with Crippen LogP contribution in [-0.4, -0.2) is 27.8 Å². The summed E-state index contributed by atoms with van der Waals surface area (Å²) >= 11 is 1.55. The van der Waals surface area contributed by atoms with Gasteiger partial charge in [0.15, 0.2) is 0 Å². The van der Waals surface area contributed by atoms with E-state index in [4.69, 9.17) is 9.72 Å². The lowest BCUT2D eigenvalue weighted by Gasteiger charge is -2.18. The highest BCUT2D eigenvalue weighted by atomic mass is 32.1. The number of anilines is 1. The molecule has 0 saturated carbocycles. The van der Waals surface area contributed by atoms with Gasteiger partial charge in [0, 0.05) is 6.07 Å². The van der Waals surface area contributed by atoms with E-state index in [-0.39, 0.29) is 11.3 Å². The highest BCUT2D eigenvalue weighted by Gasteiger charge is 2.20. The van der Waals surface area contributed by atoms with Gasteiger partial charge in [0.05, 0.1) is 28.6 Å². The molecule has 0 atom stereocenters. The fourth-order valence-electron chi connectivity index (χ4n) is 3.95. The van der Waals surface area contributed by atoms with Crippen molar-refractivity contribution in [3.05, 3.63) is 77.5 Å². The molecule has 1 N–H and O–H groups in total. The number of amides is 1. The van der Waals surface area contributed by atoms with Crippen molar-refractivity contribution in [1.29, 1.82) is 0 Å². The summed E-state index contributed by atoms with van der Waals surface area (Å²) in [6.07, 6.45) is 0. The van der Waals surface area contributed by atoms with Crippen molar-refractivity contribution < 1.29 is 9.53 Å². The van der Waals surface area contributed by atoms with Crippen molar-refractivity contribution in [3.63, 3.8) is 0 Å². The predicted molar refractivity (Wildman–Crippen MR) is 139 cm³/mol. The number of ether oxygens (including phenoxy) is 1. The molecule has 6 nitrogen and oxygen atoms in total. The van der Waals surface area contributed by atoms with Crippen LogP contribution in [0.5, 0.6) is 5.75 Å². The molecule has 0 saturated heterocycles. The molecule has 0 fully saturated rings. The second kappa shape index (κ2) is 8.25. The van der Waals surface area contributed by atoms with Crippen molar-refractivity contribution in [3.8, 4) is 10.9 Å². The quantitative estimate of drug-likeness (QED) is 0.325. The summed E-state index contributed by atoms with van der Waals surface area (Å²) in [5, 5.41) is 10.3. The first-order chi connectivity index (χ1) is 16.2. The van der Waals surface area contributed by atoms with Gasteiger partial charge in [-0.25, -0.2) is 4.98 Å². The first kappa shape index (κ1) is 22.1. The van der Waals surface area contributed by atoms with Crippen LogP contribution in [0.1, 0.15) is 42.4 Å². The molecule has 0 aliphatic carbocycles. The number of fused-ring (bicyclic) bond motifs is 2. The number of nitrogens with zero attached hydrogens (tertiary/aromatic N) is 3. The molecule has 3 aromatic carbocycles. The predicted octanol–water partition coefficient (Wildman–Crippen LogP) is 6.50. The number of carbonyl (C=O) groups excluding carboxylic acids is 1. The number of carbonyl (C=O) groups is 1. The number of methoxy groups -OCH3 is 1. The van der Waals surface area contributed by atoms with Gasteiger partial charge in [0.2, 0.25) is 5.13 Å². The van der Waals surface area contributed by atoms with Gasteiger partial charge in [-0.3, -0.25) is 4.79 Å². The van der Waals surface area contributed by atoms with E-state index in [0.29, 0.717) is 22.3 Å². The minimum Gasteiger partial charge on any atom is -0.496 e. The molecule has 0 radical (unpaired) electrons. The second-order valence-corrected chi connectivity index (χ2v) is 10.4. The van der Waals surface area contributed by atoms with Gasteiger partial charge in [-0.15, -0.1) is 0 Å². The maximum atomic E-state index is 13.3. The van der Waals surface area contributed by atoms with E-state index in [1.165, 1.54) is 5.56 Å². The van der Waals surface area contributed by atoms with E-state index in [0.717, 1.165) is 26.7 Å². The summed E-state index contributed by atoms with van der Waals surface area (Å²) in [5.74, 6) is 0.821. The average Bonchev–Trinajstić information content (AvgIpc) is 3.39. The first-order valence-electron chi connectivity index (χ1n) is 11.1. The van der Waals surface area contributed by atoms with Crippen LogP contribution in [-0.2, 0) is 5.41 Å². The molecule has 0 aliphatic heterocycles. The van der Waals surface area contributed by atoms with Gasteiger partial charge in [-0.1, -0.05) is 62.4 Å². The molecule has 0 bridgehead atoms. The molecule has 172 valence electrons. The molecule has 5 aromatic rings. The zero-order valence-corrected chi connectivity index (χ0v) is 20.7. The first-order valence-corrected chi connectivity index (χ1v) is 11.9. The van der Waals surface area contributed by atoms with E-state index in [1.54, 1.807) is 23.1 Å². The van der Waals surface area contributed by atoms with Crippen molar-refractivity contribution in [2.45, 2.75) is 33.1 Å². The van der Waals surface area contributed by atoms with Crippen molar-refractivity contribution in [2.24, 2.45) is 0 Å². The smallest absolute Gasteiger partial charge is 0.260 e. The highest BCUT2D eigenvalue weighted by Crippen LogP contribution is 2.32. The molecule has 2 heterocycles. The number of aryl methyl sites for hydroxylation is 1. The molecule has 7 heteroatoms. The van der Waals surface area contributed by atoms with Gasteiger partial charge in [0.25, 0.3) is 5.91 Å². The van der Waals surface area contributed by atoms with E-state index < -0.39 is 0 Å². The van der Waals surface area contributed by atoms with Crippen LogP contribution in [0.15, 0.2) is 60.7 Å². The minimum absolute atomic E-state index is 0.0542. The molecule has 2 aromatic heterocycles. The Kier molecular flexibility index (Phi) is 5.37.